The topological polar surface area (TPSA) is 59.8 Å². The molecule has 0 radical (unpaired) electrons. The number of hydrogen-bond acceptors (Lipinski definition) is 4. The molecule has 1 amide bonds. The molecule has 0 aliphatic carbocycles. The highest BCUT2D eigenvalue weighted by molar-refractivity contribution is 5.93. The number of rotatable bonds is 5. The van der Waals surface area contributed by atoms with E-state index in [4.69, 9.17) is 9.15 Å². The number of fused-ring (bicyclic) bond motifs is 1. The molecule has 25 heavy (non-hydrogen) atoms. The van der Waals surface area contributed by atoms with Crippen LogP contribution in [0.4, 0.5) is 0 Å². The normalized spacial score (nSPS) is 10.6. The molecule has 5 nitrogen and oxygen atoms in total. The molecule has 1 heterocycles. The number of para-hydroxylation sites is 1. The van der Waals surface area contributed by atoms with Crippen LogP contribution in [0.3, 0.4) is 0 Å². The minimum absolute atomic E-state index is 0.0547. The van der Waals surface area contributed by atoms with E-state index in [1.165, 1.54) is 6.07 Å². The second-order valence-corrected chi connectivity index (χ2v) is 5.64. The molecule has 0 aliphatic heterocycles. The maximum Gasteiger partial charge on any atom is 0.290 e. The maximum absolute atomic E-state index is 12.8. The third kappa shape index (κ3) is 3.55. The Labute approximate surface area is 145 Å². The summed E-state index contributed by atoms with van der Waals surface area (Å²) in [6, 6.07) is 15.7. The lowest BCUT2D eigenvalue weighted by Crippen LogP contribution is -2.30. The van der Waals surface area contributed by atoms with Gasteiger partial charge in [-0.25, -0.2) is 0 Å². The monoisotopic (exact) mass is 337 g/mol. The fourth-order valence-corrected chi connectivity index (χ4v) is 2.64. The van der Waals surface area contributed by atoms with Crippen LogP contribution in [-0.2, 0) is 6.54 Å². The summed E-state index contributed by atoms with van der Waals surface area (Å²) in [7, 11) is 1.61. The molecular formula is C20H19NO4. The van der Waals surface area contributed by atoms with Gasteiger partial charge in [0.2, 0.25) is 0 Å². The van der Waals surface area contributed by atoms with Gasteiger partial charge in [-0.2, -0.15) is 0 Å². The summed E-state index contributed by atoms with van der Waals surface area (Å²) >= 11 is 0. The van der Waals surface area contributed by atoms with Crippen LogP contribution in [0.5, 0.6) is 5.75 Å². The number of nitrogens with zero attached hydrogens (tertiary/aromatic N) is 1. The van der Waals surface area contributed by atoms with Crippen molar-refractivity contribution in [2.45, 2.75) is 13.5 Å². The van der Waals surface area contributed by atoms with E-state index in [0.717, 1.165) is 11.3 Å². The Balaban J connectivity index is 1.87. The molecule has 0 aliphatic rings. The van der Waals surface area contributed by atoms with Gasteiger partial charge in [0.15, 0.2) is 11.2 Å². The number of benzene rings is 2. The Bertz CT molecular complexity index is 944. The number of ether oxygens (including phenoxy) is 1. The summed E-state index contributed by atoms with van der Waals surface area (Å²) in [5.41, 5.74) is 1.17. The number of methoxy groups -OCH3 is 1. The van der Waals surface area contributed by atoms with Crippen LogP contribution in [0.25, 0.3) is 11.0 Å². The lowest BCUT2D eigenvalue weighted by molar-refractivity contribution is 0.0721. The maximum atomic E-state index is 12.8. The van der Waals surface area contributed by atoms with Crippen molar-refractivity contribution in [1.82, 2.24) is 4.90 Å². The van der Waals surface area contributed by atoms with Crippen molar-refractivity contribution in [2.75, 3.05) is 13.7 Å². The van der Waals surface area contributed by atoms with Gasteiger partial charge in [-0.3, -0.25) is 9.59 Å². The predicted molar refractivity (Wildman–Crippen MR) is 95.9 cm³/mol. The standard InChI is InChI=1S/C20H19NO4/c1-3-21(13-14-8-10-15(24-2)11-9-14)20(23)19-12-17(22)16-6-4-5-7-18(16)25-19/h4-12H,3,13H2,1-2H3. The van der Waals surface area contributed by atoms with E-state index in [0.29, 0.717) is 24.1 Å². The van der Waals surface area contributed by atoms with Crippen molar-refractivity contribution in [3.63, 3.8) is 0 Å². The Morgan fingerprint density at radius 3 is 2.52 bits per heavy atom. The van der Waals surface area contributed by atoms with Crippen LogP contribution in [0.15, 0.2) is 63.8 Å². The summed E-state index contributed by atoms with van der Waals surface area (Å²) in [4.78, 5) is 26.6. The van der Waals surface area contributed by atoms with E-state index < -0.39 is 0 Å². The zero-order valence-corrected chi connectivity index (χ0v) is 14.2. The largest absolute Gasteiger partial charge is 0.497 e. The van der Waals surface area contributed by atoms with Crippen LogP contribution >= 0.6 is 0 Å². The van der Waals surface area contributed by atoms with Gasteiger partial charge < -0.3 is 14.1 Å². The smallest absolute Gasteiger partial charge is 0.290 e. The first-order chi connectivity index (χ1) is 12.1. The van der Waals surface area contributed by atoms with E-state index in [9.17, 15) is 9.59 Å². The number of carbonyl (C=O) groups is 1. The lowest BCUT2D eigenvalue weighted by Gasteiger charge is -2.20. The molecule has 0 bridgehead atoms. The molecule has 2 aromatic carbocycles. The fraction of sp³-hybridized carbons (Fsp3) is 0.200. The number of amides is 1. The Morgan fingerprint density at radius 1 is 1.12 bits per heavy atom. The first-order valence-electron chi connectivity index (χ1n) is 8.07. The Hall–Kier alpha value is -3.08. The van der Waals surface area contributed by atoms with Crippen molar-refractivity contribution >= 4 is 16.9 Å². The van der Waals surface area contributed by atoms with Gasteiger partial charge in [0, 0.05) is 19.2 Å². The second kappa shape index (κ2) is 7.21. The molecule has 0 N–H and O–H groups in total. The molecule has 0 spiro atoms. The van der Waals surface area contributed by atoms with Crippen LogP contribution in [0.1, 0.15) is 23.0 Å². The summed E-state index contributed by atoms with van der Waals surface area (Å²) in [5, 5.41) is 0.470. The Kier molecular flexibility index (Phi) is 4.84. The van der Waals surface area contributed by atoms with Crippen LogP contribution in [0, 0.1) is 0 Å². The minimum atomic E-state index is -0.304. The quantitative estimate of drug-likeness (QED) is 0.715. The van der Waals surface area contributed by atoms with E-state index in [2.05, 4.69) is 0 Å². The number of hydrogen-bond donors (Lipinski definition) is 0. The van der Waals surface area contributed by atoms with Crippen molar-refractivity contribution in [1.29, 1.82) is 0 Å². The molecule has 3 aromatic rings. The molecular weight excluding hydrogens is 318 g/mol. The number of carbonyl (C=O) groups excluding carboxylic acids is 1. The van der Waals surface area contributed by atoms with E-state index in [1.54, 1.807) is 36.3 Å². The molecule has 1 aromatic heterocycles. The second-order valence-electron chi connectivity index (χ2n) is 5.64. The molecule has 0 unspecified atom stereocenters. The van der Waals surface area contributed by atoms with Crippen LogP contribution in [0.2, 0.25) is 0 Å². The lowest BCUT2D eigenvalue weighted by atomic mass is 10.2. The van der Waals surface area contributed by atoms with Gasteiger partial charge in [-0.1, -0.05) is 24.3 Å². The van der Waals surface area contributed by atoms with Gasteiger partial charge >= 0.3 is 0 Å². The highest BCUT2D eigenvalue weighted by Gasteiger charge is 2.18. The highest BCUT2D eigenvalue weighted by atomic mass is 16.5. The van der Waals surface area contributed by atoms with E-state index >= 15 is 0 Å². The SMILES string of the molecule is CCN(Cc1ccc(OC)cc1)C(=O)c1cc(=O)c2ccccc2o1. The van der Waals surface area contributed by atoms with Gasteiger partial charge in [-0.15, -0.1) is 0 Å². The molecule has 0 saturated carbocycles. The summed E-state index contributed by atoms with van der Waals surface area (Å²) in [6.07, 6.45) is 0. The zero-order valence-electron chi connectivity index (χ0n) is 14.2. The zero-order chi connectivity index (χ0) is 17.8. The molecule has 5 heteroatoms. The highest BCUT2D eigenvalue weighted by Crippen LogP contribution is 2.16. The average Bonchev–Trinajstić information content (AvgIpc) is 2.66. The molecule has 3 rings (SSSR count). The average molecular weight is 337 g/mol. The first-order valence-corrected chi connectivity index (χ1v) is 8.07. The van der Waals surface area contributed by atoms with Gasteiger partial charge in [0.1, 0.15) is 11.3 Å². The van der Waals surface area contributed by atoms with Gasteiger partial charge in [0.05, 0.1) is 12.5 Å². The molecule has 0 atom stereocenters. The predicted octanol–water partition coefficient (Wildman–Crippen LogP) is 3.46. The van der Waals surface area contributed by atoms with Crippen molar-refractivity contribution in [3.05, 3.63) is 76.1 Å². The van der Waals surface area contributed by atoms with E-state index in [1.807, 2.05) is 31.2 Å². The van der Waals surface area contributed by atoms with Gasteiger partial charge in [0.25, 0.3) is 5.91 Å². The summed E-state index contributed by atoms with van der Waals surface area (Å²) in [6.45, 7) is 2.82. The fourth-order valence-electron chi connectivity index (χ4n) is 2.64. The molecule has 0 saturated heterocycles. The summed E-state index contributed by atoms with van der Waals surface area (Å²) < 4.78 is 10.8. The molecule has 128 valence electrons. The summed E-state index contributed by atoms with van der Waals surface area (Å²) in [5.74, 6) is 0.513. The van der Waals surface area contributed by atoms with Gasteiger partial charge in [-0.05, 0) is 36.8 Å². The van der Waals surface area contributed by atoms with Crippen molar-refractivity contribution < 1.29 is 13.9 Å². The van der Waals surface area contributed by atoms with Crippen LogP contribution in [-0.4, -0.2) is 24.5 Å². The Morgan fingerprint density at radius 2 is 1.84 bits per heavy atom. The third-order valence-corrected chi connectivity index (χ3v) is 4.05. The minimum Gasteiger partial charge on any atom is -0.497 e. The van der Waals surface area contributed by atoms with Crippen molar-refractivity contribution in [2.24, 2.45) is 0 Å². The third-order valence-electron chi connectivity index (χ3n) is 4.05. The first kappa shape index (κ1) is 16.8. The molecule has 0 fully saturated rings. The van der Waals surface area contributed by atoms with Crippen molar-refractivity contribution in [3.8, 4) is 5.75 Å². The van der Waals surface area contributed by atoms with E-state index in [-0.39, 0.29) is 17.1 Å². The van der Waals surface area contributed by atoms with Crippen LogP contribution < -0.4 is 10.2 Å².